The molecule has 2 aromatic rings. The average molecular weight is 352 g/mol. The Morgan fingerprint density at radius 3 is 2.56 bits per heavy atom. The molecule has 2 rings (SSSR count). The molecule has 6 nitrogen and oxygen atoms in total. The molecule has 0 saturated carbocycles. The molecule has 0 aliphatic rings. The number of rotatable bonds is 8. The van der Waals surface area contributed by atoms with Crippen LogP contribution in [-0.2, 0) is 17.9 Å². The smallest absolute Gasteiger partial charge is 0.387 e. The van der Waals surface area contributed by atoms with Crippen LogP contribution >= 0.6 is 0 Å². The van der Waals surface area contributed by atoms with Crippen LogP contribution < -0.4 is 10.3 Å². The Kier molecular flexibility index (Phi) is 6.62. The highest BCUT2D eigenvalue weighted by Gasteiger charge is 2.12. The fourth-order valence-electron chi connectivity index (χ4n) is 2.02. The Bertz CT molecular complexity index is 760. The van der Waals surface area contributed by atoms with E-state index in [-0.39, 0.29) is 23.6 Å². The molecule has 0 spiro atoms. The Balaban J connectivity index is 1.96. The standard InChI is InChI=1S/C17H18F2N2O4/c1-2-3-10-21-15(22)9-8-14(20-21)16(23)24-11-12-4-6-13(7-5-12)25-17(18)19/h4-9,17H,2-3,10-11H2,1H3. The summed E-state index contributed by atoms with van der Waals surface area (Å²) >= 11 is 0. The monoisotopic (exact) mass is 352 g/mol. The minimum absolute atomic E-state index is 0.0229. The molecule has 0 aliphatic carbocycles. The molecule has 0 atom stereocenters. The number of carbonyl (C=O) groups excluding carboxylic acids is 1. The molecule has 0 unspecified atom stereocenters. The van der Waals surface area contributed by atoms with Crippen LogP contribution in [0.3, 0.4) is 0 Å². The molecule has 0 bridgehead atoms. The van der Waals surface area contributed by atoms with Crippen molar-refractivity contribution in [1.82, 2.24) is 9.78 Å². The summed E-state index contributed by atoms with van der Waals surface area (Å²) in [4.78, 5) is 23.7. The zero-order chi connectivity index (χ0) is 18.2. The fraction of sp³-hybridized carbons (Fsp3) is 0.353. The van der Waals surface area contributed by atoms with E-state index in [9.17, 15) is 18.4 Å². The molecule has 0 fully saturated rings. The molecule has 0 saturated heterocycles. The maximum atomic E-state index is 12.1. The Hall–Kier alpha value is -2.77. The summed E-state index contributed by atoms with van der Waals surface area (Å²) in [6.45, 7) is -0.523. The van der Waals surface area contributed by atoms with Crippen molar-refractivity contribution in [1.29, 1.82) is 0 Å². The van der Waals surface area contributed by atoms with Crippen molar-refractivity contribution in [2.75, 3.05) is 0 Å². The van der Waals surface area contributed by atoms with Gasteiger partial charge >= 0.3 is 12.6 Å². The first-order valence-electron chi connectivity index (χ1n) is 7.78. The number of halogens is 2. The summed E-state index contributed by atoms with van der Waals surface area (Å²) < 4.78 is 34.8. The highest BCUT2D eigenvalue weighted by Crippen LogP contribution is 2.15. The maximum absolute atomic E-state index is 12.1. The van der Waals surface area contributed by atoms with Gasteiger partial charge in [0.1, 0.15) is 12.4 Å². The van der Waals surface area contributed by atoms with Crippen LogP contribution in [-0.4, -0.2) is 22.4 Å². The van der Waals surface area contributed by atoms with Crippen LogP contribution in [0.4, 0.5) is 8.78 Å². The summed E-state index contributed by atoms with van der Waals surface area (Å²) in [6.07, 6.45) is 1.67. The van der Waals surface area contributed by atoms with E-state index >= 15 is 0 Å². The predicted molar refractivity (Wildman–Crippen MR) is 85.6 cm³/mol. The number of ether oxygens (including phenoxy) is 2. The topological polar surface area (TPSA) is 70.4 Å². The summed E-state index contributed by atoms with van der Waals surface area (Å²) in [5.41, 5.74) is 0.363. The molecule has 1 aromatic carbocycles. The molecule has 134 valence electrons. The summed E-state index contributed by atoms with van der Waals surface area (Å²) in [7, 11) is 0. The lowest BCUT2D eigenvalue weighted by atomic mass is 10.2. The fourth-order valence-corrected chi connectivity index (χ4v) is 2.02. The van der Waals surface area contributed by atoms with Crippen LogP contribution in [0.5, 0.6) is 5.75 Å². The van der Waals surface area contributed by atoms with Gasteiger partial charge in [-0.05, 0) is 30.2 Å². The molecule has 25 heavy (non-hydrogen) atoms. The first-order valence-corrected chi connectivity index (χ1v) is 7.78. The Morgan fingerprint density at radius 1 is 1.20 bits per heavy atom. The molecular weight excluding hydrogens is 334 g/mol. The van der Waals surface area contributed by atoms with Gasteiger partial charge in [-0.15, -0.1) is 0 Å². The number of aryl methyl sites for hydroxylation is 1. The van der Waals surface area contributed by atoms with Gasteiger partial charge in [0.2, 0.25) is 0 Å². The van der Waals surface area contributed by atoms with E-state index < -0.39 is 12.6 Å². The van der Waals surface area contributed by atoms with Crippen molar-refractivity contribution in [3.63, 3.8) is 0 Å². The average Bonchev–Trinajstić information content (AvgIpc) is 2.59. The predicted octanol–water partition coefficient (Wildman–Crippen LogP) is 3.00. The lowest BCUT2D eigenvalue weighted by molar-refractivity contribution is -0.0498. The summed E-state index contributed by atoms with van der Waals surface area (Å²) in [5.74, 6) is -0.645. The largest absolute Gasteiger partial charge is 0.456 e. The Labute approximate surface area is 143 Å². The first-order chi connectivity index (χ1) is 12.0. The van der Waals surface area contributed by atoms with Gasteiger partial charge in [-0.1, -0.05) is 25.5 Å². The van der Waals surface area contributed by atoms with Gasteiger partial charge in [0, 0.05) is 12.6 Å². The van der Waals surface area contributed by atoms with E-state index in [1.165, 1.54) is 41.1 Å². The quantitative estimate of drug-likeness (QED) is 0.683. The minimum Gasteiger partial charge on any atom is -0.456 e. The molecule has 8 heteroatoms. The molecule has 0 N–H and O–H groups in total. The van der Waals surface area contributed by atoms with Gasteiger partial charge in [-0.3, -0.25) is 4.79 Å². The van der Waals surface area contributed by atoms with Gasteiger partial charge in [0.15, 0.2) is 5.69 Å². The van der Waals surface area contributed by atoms with Crippen molar-refractivity contribution < 1.29 is 23.0 Å². The van der Waals surface area contributed by atoms with Crippen molar-refractivity contribution in [2.45, 2.75) is 39.5 Å². The van der Waals surface area contributed by atoms with Gasteiger partial charge < -0.3 is 9.47 Å². The van der Waals surface area contributed by atoms with Gasteiger partial charge in [-0.2, -0.15) is 13.9 Å². The van der Waals surface area contributed by atoms with Crippen LogP contribution in [0.2, 0.25) is 0 Å². The minimum atomic E-state index is -2.89. The zero-order valence-corrected chi connectivity index (χ0v) is 13.7. The third kappa shape index (κ3) is 5.66. The molecule has 1 aromatic heterocycles. The molecule has 1 heterocycles. The van der Waals surface area contributed by atoms with Crippen molar-refractivity contribution >= 4 is 5.97 Å². The van der Waals surface area contributed by atoms with E-state index in [0.29, 0.717) is 12.1 Å². The number of esters is 1. The molecular formula is C17H18F2N2O4. The molecule has 0 radical (unpaired) electrons. The SMILES string of the molecule is CCCCn1nc(C(=O)OCc2ccc(OC(F)F)cc2)ccc1=O. The lowest BCUT2D eigenvalue weighted by Gasteiger charge is -2.08. The van der Waals surface area contributed by atoms with Crippen molar-refractivity contribution in [2.24, 2.45) is 0 Å². The number of hydrogen-bond acceptors (Lipinski definition) is 5. The van der Waals surface area contributed by atoms with Crippen LogP contribution in [0.1, 0.15) is 35.8 Å². The van der Waals surface area contributed by atoms with Crippen LogP contribution in [0, 0.1) is 0 Å². The van der Waals surface area contributed by atoms with E-state index in [1.54, 1.807) is 0 Å². The number of nitrogens with zero attached hydrogens (tertiary/aromatic N) is 2. The summed E-state index contributed by atoms with van der Waals surface area (Å²) in [6, 6.07) is 8.33. The number of hydrogen-bond donors (Lipinski definition) is 0. The van der Waals surface area contributed by atoms with E-state index in [0.717, 1.165) is 12.8 Å². The van der Waals surface area contributed by atoms with Gasteiger partial charge in [0.25, 0.3) is 5.56 Å². The first kappa shape index (κ1) is 18.6. The number of aromatic nitrogens is 2. The normalized spacial score (nSPS) is 10.7. The number of carbonyl (C=O) groups is 1. The second-order valence-electron chi connectivity index (χ2n) is 5.23. The van der Waals surface area contributed by atoms with E-state index in [4.69, 9.17) is 4.74 Å². The highest BCUT2D eigenvalue weighted by atomic mass is 19.3. The highest BCUT2D eigenvalue weighted by molar-refractivity contribution is 5.86. The lowest BCUT2D eigenvalue weighted by Crippen LogP contribution is -2.25. The third-order valence-electron chi connectivity index (χ3n) is 3.32. The maximum Gasteiger partial charge on any atom is 0.387 e. The number of alkyl halides is 2. The zero-order valence-electron chi connectivity index (χ0n) is 13.7. The van der Waals surface area contributed by atoms with Crippen molar-refractivity contribution in [3.8, 4) is 5.75 Å². The number of benzene rings is 1. The van der Waals surface area contributed by atoms with E-state index in [2.05, 4.69) is 9.84 Å². The van der Waals surface area contributed by atoms with Crippen molar-refractivity contribution in [3.05, 3.63) is 58.0 Å². The Morgan fingerprint density at radius 2 is 1.92 bits per heavy atom. The summed E-state index contributed by atoms with van der Waals surface area (Å²) in [5, 5.41) is 4.00. The second kappa shape index (κ2) is 8.91. The molecule has 0 aliphatic heterocycles. The second-order valence-corrected chi connectivity index (χ2v) is 5.23. The van der Waals surface area contributed by atoms with Gasteiger partial charge in [0.05, 0.1) is 0 Å². The number of unbranched alkanes of at least 4 members (excludes halogenated alkanes) is 1. The van der Waals surface area contributed by atoms with Crippen LogP contribution in [0.15, 0.2) is 41.2 Å². The van der Waals surface area contributed by atoms with E-state index in [1.807, 2.05) is 6.92 Å². The molecule has 0 amide bonds. The van der Waals surface area contributed by atoms with Gasteiger partial charge in [-0.25, -0.2) is 9.48 Å². The van der Waals surface area contributed by atoms with Crippen LogP contribution in [0.25, 0.3) is 0 Å². The third-order valence-corrected chi connectivity index (χ3v) is 3.32.